The number of nitrogens with zero attached hydrogens (tertiary/aromatic N) is 3. The second-order valence-electron chi connectivity index (χ2n) is 7.16. The van der Waals surface area contributed by atoms with E-state index in [1.54, 1.807) is 14.2 Å². The van der Waals surface area contributed by atoms with Gasteiger partial charge in [0.1, 0.15) is 28.9 Å². The van der Waals surface area contributed by atoms with E-state index in [9.17, 15) is 0 Å². The van der Waals surface area contributed by atoms with Crippen molar-refractivity contribution in [1.29, 1.82) is 0 Å². The van der Waals surface area contributed by atoms with Gasteiger partial charge >= 0.3 is 0 Å². The molecule has 158 valence electrons. The number of hydrogen-bond acceptors (Lipinski definition) is 8. The van der Waals surface area contributed by atoms with Crippen LogP contribution in [0.25, 0.3) is 22.6 Å². The van der Waals surface area contributed by atoms with Gasteiger partial charge in [-0.25, -0.2) is 0 Å². The van der Waals surface area contributed by atoms with E-state index in [4.69, 9.17) is 14.0 Å². The quantitative estimate of drug-likeness (QED) is 0.641. The molecule has 3 heterocycles. The minimum Gasteiger partial charge on any atom is -0.495 e. The summed E-state index contributed by atoms with van der Waals surface area (Å²) in [5.74, 6) is 3.68. The van der Waals surface area contributed by atoms with E-state index < -0.39 is 0 Å². The zero-order chi connectivity index (χ0) is 21.2. The van der Waals surface area contributed by atoms with Crippen molar-refractivity contribution >= 4 is 11.7 Å². The number of aliphatic imine (C=N–C) groups is 2. The van der Waals surface area contributed by atoms with Gasteiger partial charge in [0, 0.05) is 24.7 Å². The van der Waals surface area contributed by atoms with Crippen molar-refractivity contribution in [3.8, 4) is 34.1 Å². The Morgan fingerprint density at radius 2 is 1.32 bits per heavy atom. The summed E-state index contributed by atoms with van der Waals surface area (Å²) in [5, 5.41) is 10.9. The number of aromatic nitrogens is 1. The third-order valence-electron chi connectivity index (χ3n) is 5.35. The zero-order valence-corrected chi connectivity index (χ0v) is 17.4. The molecule has 2 aliphatic heterocycles. The maximum atomic E-state index is 5.74. The Labute approximate surface area is 180 Å². The third kappa shape index (κ3) is 3.39. The Balaban J connectivity index is 1.56. The number of ether oxygens (including phenoxy) is 2. The van der Waals surface area contributed by atoms with Gasteiger partial charge in [-0.2, -0.15) is 0 Å². The molecule has 0 saturated heterocycles. The van der Waals surface area contributed by atoms with Crippen LogP contribution in [0.4, 0.5) is 0 Å². The van der Waals surface area contributed by atoms with Crippen molar-refractivity contribution < 1.29 is 14.0 Å². The van der Waals surface area contributed by atoms with Crippen LogP contribution in [0, 0.1) is 0 Å². The van der Waals surface area contributed by atoms with E-state index in [2.05, 4.69) is 25.8 Å². The molecule has 2 aromatic carbocycles. The number of benzene rings is 2. The Hall–Kier alpha value is -3.81. The molecule has 0 radical (unpaired) electrons. The molecule has 0 unspecified atom stereocenters. The fourth-order valence-corrected chi connectivity index (χ4v) is 3.97. The highest BCUT2D eigenvalue weighted by molar-refractivity contribution is 6.04. The molecular weight excluding hydrogens is 394 g/mol. The first-order chi connectivity index (χ1) is 15.3. The van der Waals surface area contributed by atoms with Gasteiger partial charge in [-0.3, -0.25) is 9.98 Å². The van der Waals surface area contributed by atoms with Crippen LogP contribution in [-0.4, -0.2) is 57.2 Å². The lowest BCUT2D eigenvalue weighted by Crippen LogP contribution is -2.20. The maximum absolute atomic E-state index is 5.74. The van der Waals surface area contributed by atoms with Crippen LogP contribution >= 0.6 is 0 Å². The van der Waals surface area contributed by atoms with Crippen LogP contribution < -0.4 is 20.1 Å². The molecule has 2 aliphatic rings. The van der Waals surface area contributed by atoms with Crippen LogP contribution in [0.15, 0.2) is 57.0 Å². The van der Waals surface area contributed by atoms with Crippen molar-refractivity contribution in [3.63, 3.8) is 0 Å². The highest BCUT2D eigenvalue weighted by atomic mass is 16.5. The second kappa shape index (κ2) is 8.14. The van der Waals surface area contributed by atoms with Gasteiger partial charge in [0.25, 0.3) is 0 Å². The van der Waals surface area contributed by atoms with Gasteiger partial charge in [0.2, 0.25) is 0 Å². The number of hydrogen-bond donors (Lipinski definition) is 2. The summed E-state index contributed by atoms with van der Waals surface area (Å²) < 4.78 is 17.2. The lowest BCUT2D eigenvalue weighted by Gasteiger charge is -2.12. The van der Waals surface area contributed by atoms with E-state index in [-0.39, 0.29) is 0 Å². The zero-order valence-electron chi connectivity index (χ0n) is 17.4. The molecule has 0 spiro atoms. The minimum atomic E-state index is 0.607. The molecule has 8 nitrogen and oxygen atoms in total. The van der Waals surface area contributed by atoms with Crippen LogP contribution in [-0.2, 0) is 0 Å². The van der Waals surface area contributed by atoms with Crippen molar-refractivity contribution in [2.24, 2.45) is 9.98 Å². The van der Waals surface area contributed by atoms with Crippen LogP contribution in [0.5, 0.6) is 11.5 Å². The molecule has 1 aromatic heterocycles. The Morgan fingerprint density at radius 1 is 0.774 bits per heavy atom. The first-order valence-corrected chi connectivity index (χ1v) is 10.2. The number of para-hydroxylation sites is 2. The molecule has 8 heteroatoms. The number of nitrogens with one attached hydrogen (secondary N) is 2. The van der Waals surface area contributed by atoms with Gasteiger partial charge in [-0.1, -0.05) is 17.3 Å². The van der Waals surface area contributed by atoms with Crippen LogP contribution in [0.2, 0.25) is 0 Å². The average molecular weight is 417 g/mol. The lowest BCUT2D eigenvalue weighted by atomic mass is 10.0. The normalized spacial score (nSPS) is 15.2. The summed E-state index contributed by atoms with van der Waals surface area (Å²) >= 11 is 0. The SMILES string of the molecule is COc1c(C2=NCCN2)cccc1-c1cc(-c2cccc(C3=NCCN3)c2OC)on1. The standard InChI is InChI=1S/C23H23N5O3/c1-29-20-14(5-3-7-16(20)22-24-9-10-25-22)18-13-19(31-28-18)15-6-4-8-17(21(15)30-2)23-26-11-12-27-23/h3-8,13H,9-12H2,1-2H3,(H,24,25)(H,26,27). The topological polar surface area (TPSA) is 93.3 Å². The average Bonchev–Trinajstić information content (AvgIpc) is 3.60. The van der Waals surface area contributed by atoms with E-state index in [1.165, 1.54) is 0 Å². The molecule has 2 N–H and O–H groups in total. The summed E-state index contributed by atoms with van der Waals surface area (Å²) in [6, 6.07) is 13.7. The number of methoxy groups -OCH3 is 2. The predicted molar refractivity (Wildman–Crippen MR) is 119 cm³/mol. The molecule has 0 amide bonds. The highest BCUT2D eigenvalue weighted by Crippen LogP contribution is 2.38. The lowest BCUT2D eigenvalue weighted by molar-refractivity contribution is 0.404. The minimum absolute atomic E-state index is 0.607. The van der Waals surface area contributed by atoms with Crippen molar-refractivity contribution in [1.82, 2.24) is 15.8 Å². The van der Waals surface area contributed by atoms with E-state index >= 15 is 0 Å². The smallest absolute Gasteiger partial charge is 0.171 e. The summed E-state index contributed by atoms with van der Waals surface area (Å²) in [6.07, 6.45) is 0. The molecule has 0 saturated carbocycles. The Kier molecular flexibility index (Phi) is 5.03. The summed E-state index contributed by atoms with van der Waals surface area (Å²) in [7, 11) is 3.30. The summed E-state index contributed by atoms with van der Waals surface area (Å²) in [6.45, 7) is 3.16. The first-order valence-electron chi connectivity index (χ1n) is 10.2. The van der Waals surface area contributed by atoms with Crippen LogP contribution in [0.3, 0.4) is 0 Å². The fraction of sp³-hybridized carbons (Fsp3) is 0.261. The summed E-state index contributed by atoms with van der Waals surface area (Å²) in [4.78, 5) is 9.04. The summed E-state index contributed by atoms with van der Waals surface area (Å²) in [5.41, 5.74) is 4.14. The van der Waals surface area contributed by atoms with Crippen LogP contribution in [0.1, 0.15) is 11.1 Å². The predicted octanol–water partition coefficient (Wildman–Crippen LogP) is 2.73. The molecule has 31 heavy (non-hydrogen) atoms. The van der Waals surface area contributed by atoms with Gasteiger partial charge < -0.3 is 24.6 Å². The Morgan fingerprint density at radius 3 is 1.87 bits per heavy atom. The highest BCUT2D eigenvalue weighted by Gasteiger charge is 2.22. The largest absolute Gasteiger partial charge is 0.495 e. The third-order valence-corrected chi connectivity index (χ3v) is 5.35. The van der Waals surface area contributed by atoms with E-state index in [0.717, 1.165) is 60.1 Å². The van der Waals surface area contributed by atoms with Crippen molar-refractivity contribution in [2.75, 3.05) is 40.4 Å². The van der Waals surface area contributed by atoms with Gasteiger partial charge in [-0.15, -0.1) is 0 Å². The van der Waals surface area contributed by atoms with E-state index in [0.29, 0.717) is 23.0 Å². The van der Waals surface area contributed by atoms with Gasteiger partial charge in [-0.05, 0) is 24.3 Å². The monoisotopic (exact) mass is 417 g/mol. The second-order valence-corrected chi connectivity index (χ2v) is 7.16. The molecule has 0 aliphatic carbocycles. The molecule has 0 fully saturated rings. The van der Waals surface area contributed by atoms with Crippen molar-refractivity contribution in [3.05, 3.63) is 53.6 Å². The van der Waals surface area contributed by atoms with Crippen molar-refractivity contribution in [2.45, 2.75) is 0 Å². The van der Waals surface area contributed by atoms with Gasteiger partial charge in [0.15, 0.2) is 5.76 Å². The molecule has 0 bridgehead atoms. The van der Waals surface area contributed by atoms with Gasteiger partial charge in [0.05, 0.1) is 44.0 Å². The van der Waals surface area contributed by atoms with E-state index in [1.807, 2.05) is 42.5 Å². The Bertz CT molecular complexity index is 1090. The molecular formula is C23H23N5O3. The molecule has 3 aromatic rings. The fourth-order valence-electron chi connectivity index (χ4n) is 3.97. The maximum Gasteiger partial charge on any atom is 0.171 e. The number of amidine groups is 2. The molecule has 5 rings (SSSR count). The first kappa shape index (κ1) is 19.2. The molecule has 0 atom stereocenters. The number of rotatable bonds is 6.